The highest BCUT2D eigenvalue weighted by Gasteiger charge is 2.11. The molecule has 0 fully saturated rings. The quantitative estimate of drug-likeness (QED) is 0.670. The fraction of sp³-hybridized carbons (Fsp3) is 0.118. The number of benzene rings is 2. The van der Waals surface area contributed by atoms with Gasteiger partial charge in [0, 0.05) is 10.5 Å². The van der Waals surface area contributed by atoms with Crippen molar-refractivity contribution in [3.8, 4) is 17.2 Å². The largest absolute Gasteiger partial charge is 0.768 e. The van der Waals surface area contributed by atoms with Gasteiger partial charge in [-0.3, -0.25) is 4.21 Å². The van der Waals surface area contributed by atoms with E-state index in [1.54, 1.807) is 12.1 Å². The van der Waals surface area contributed by atoms with Gasteiger partial charge in [-0.25, -0.2) is 4.98 Å². The van der Waals surface area contributed by atoms with Crippen LogP contribution in [0.1, 0.15) is 11.5 Å². The Labute approximate surface area is 136 Å². The van der Waals surface area contributed by atoms with Gasteiger partial charge in [0.1, 0.15) is 23.8 Å². The van der Waals surface area contributed by atoms with E-state index in [1.807, 2.05) is 37.3 Å². The van der Waals surface area contributed by atoms with Crippen LogP contribution in [0.2, 0.25) is 0 Å². The molecule has 3 rings (SSSR count). The molecule has 0 spiro atoms. The van der Waals surface area contributed by atoms with Crippen LogP contribution in [0.4, 0.5) is 0 Å². The molecule has 1 aromatic heterocycles. The monoisotopic (exact) mass is 328 g/mol. The zero-order valence-corrected chi connectivity index (χ0v) is 13.2. The summed E-state index contributed by atoms with van der Waals surface area (Å²) in [6.45, 7) is 2.09. The van der Waals surface area contributed by atoms with E-state index in [-0.39, 0.29) is 11.5 Å². The predicted octanol–water partition coefficient (Wildman–Crippen LogP) is 3.47. The maximum Gasteiger partial charge on any atom is 0.226 e. The Morgan fingerprint density at radius 1 is 1.13 bits per heavy atom. The van der Waals surface area contributed by atoms with Crippen molar-refractivity contribution in [1.29, 1.82) is 0 Å². The van der Waals surface area contributed by atoms with E-state index in [2.05, 4.69) is 4.98 Å². The Hall–Kier alpha value is -2.44. The Morgan fingerprint density at radius 2 is 1.83 bits per heavy atom. The molecule has 1 unspecified atom stereocenters. The Morgan fingerprint density at radius 3 is 2.48 bits per heavy atom. The Kier molecular flexibility index (Phi) is 4.55. The lowest BCUT2D eigenvalue weighted by Gasteiger charge is -2.07. The summed E-state index contributed by atoms with van der Waals surface area (Å²) in [6, 6.07) is 15.8. The van der Waals surface area contributed by atoms with Crippen molar-refractivity contribution in [3.05, 3.63) is 66.1 Å². The van der Waals surface area contributed by atoms with E-state index in [0.717, 1.165) is 5.56 Å². The van der Waals surface area contributed by atoms with Gasteiger partial charge in [-0.15, -0.1) is 0 Å². The molecule has 0 N–H and O–H groups in total. The lowest BCUT2D eigenvalue weighted by atomic mass is 10.2. The van der Waals surface area contributed by atoms with Crippen LogP contribution in [0, 0.1) is 6.92 Å². The summed E-state index contributed by atoms with van der Waals surface area (Å²) in [5.74, 6) is 1.82. The number of hydrogen-bond acceptors (Lipinski definition) is 5. The third-order valence-electron chi connectivity index (χ3n) is 3.31. The molecule has 0 aliphatic rings. The Balaban J connectivity index is 1.71. The Bertz CT molecular complexity index is 812. The fourth-order valence-corrected chi connectivity index (χ4v) is 2.42. The summed E-state index contributed by atoms with van der Waals surface area (Å²) in [5.41, 5.74) is 1.62. The van der Waals surface area contributed by atoms with Crippen molar-refractivity contribution >= 4 is 11.1 Å². The molecule has 2 aromatic carbocycles. The van der Waals surface area contributed by atoms with Crippen LogP contribution >= 0.6 is 0 Å². The highest BCUT2D eigenvalue weighted by Crippen LogP contribution is 2.22. The topological polar surface area (TPSA) is 75.4 Å². The maximum absolute atomic E-state index is 10.8. The smallest absolute Gasteiger partial charge is 0.226 e. The van der Waals surface area contributed by atoms with Crippen molar-refractivity contribution < 1.29 is 17.9 Å². The molecule has 0 bridgehead atoms. The van der Waals surface area contributed by atoms with Crippen molar-refractivity contribution in [2.24, 2.45) is 0 Å². The first kappa shape index (κ1) is 15.5. The summed E-state index contributed by atoms with van der Waals surface area (Å²) in [4.78, 5) is 4.67. The van der Waals surface area contributed by atoms with Crippen LogP contribution in [-0.2, 0) is 17.7 Å². The molecule has 0 saturated heterocycles. The second-order valence-corrected chi connectivity index (χ2v) is 5.82. The van der Waals surface area contributed by atoms with E-state index in [9.17, 15) is 8.76 Å². The number of aromatic nitrogens is 1. The SMILES string of the molecule is Cc1oc(-c2ccccc2)nc1COc1ccc(S(=O)[O-])cc1. The molecule has 23 heavy (non-hydrogen) atoms. The minimum Gasteiger partial charge on any atom is -0.768 e. The predicted molar refractivity (Wildman–Crippen MR) is 84.6 cm³/mol. The molecule has 6 heteroatoms. The number of ether oxygens (including phenoxy) is 1. The number of oxazole rings is 1. The second-order valence-electron chi connectivity index (χ2n) is 4.88. The highest BCUT2D eigenvalue weighted by molar-refractivity contribution is 7.79. The van der Waals surface area contributed by atoms with Crippen molar-refractivity contribution in [2.45, 2.75) is 18.4 Å². The first-order valence-corrected chi connectivity index (χ1v) is 8.05. The summed E-state index contributed by atoms with van der Waals surface area (Å²) < 4.78 is 32.9. The van der Waals surface area contributed by atoms with E-state index >= 15 is 0 Å². The molecule has 0 aliphatic carbocycles. The van der Waals surface area contributed by atoms with Crippen molar-refractivity contribution in [3.63, 3.8) is 0 Å². The molecule has 1 atom stereocenters. The van der Waals surface area contributed by atoms with Crippen LogP contribution in [0.15, 0.2) is 63.9 Å². The van der Waals surface area contributed by atoms with Gasteiger partial charge in [0.15, 0.2) is 0 Å². The van der Waals surface area contributed by atoms with Gasteiger partial charge in [0.25, 0.3) is 0 Å². The normalized spacial score (nSPS) is 12.1. The second kappa shape index (κ2) is 6.76. The first-order valence-electron chi connectivity index (χ1n) is 6.97. The first-order chi connectivity index (χ1) is 11.1. The molecular weight excluding hydrogens is 314 g/mol. The van der Waals surface area contributed by atoms with Gasteiger partial charge < -0.3 is 13.7 Å². The van der Waals surface area contributed by atoms with Crippen LogP contribution in [0.3, 0.4) is 0 Å². The van der Waals surface area contributed by atoms with Gasteiger partial charge >= 0.3 is 0 Å². The maximum atomic E-state index is 10.8. The third kappa shape index (κ3) is 3.67. The van der Waals surface area contributed by atoms with Crippen LogP contribution in [0.25, 0.3) is 11.5 Å². The van der Waals surface area contributed by atoms with Gasteiger partial charge in [-0.2, -0.15) is 0 Å². The number of rotatable bonds is 5. The fourth-order valence-electron chi connectivity index (χ4n) is 2.06. The summed E-state index contributed by atoms with van der Waals surface area (Å²) in [6.07, 6.45) is 0. The van der Waals surface area contributed by atoms with Crippen molar-refractivity contribution in [2.75, 3.05) is 0 Å². The number of hydrogen-bond donors (Lipinski definition) is 0. The molecule has 0 amide bonds. The molecular formula is C17H14NO4S-. The highest BCUT2D eigenvalue weighted by atomic mass is 32.2. The summed E-state index contributed by atoms with van der Waals surface area (Å²) in [5, 5.41) is 0. The average molecular weight is 328 g/mol. The van der Waals surface area contributed by atoms with Crippen molar-refractivity contribution in [1.82, 2.24) is 4.98 Å². The third-order valence-corrected chi connectivity index (χ3v) is 3.96. The van der Waals surface area contributed by atoms with Crippen LogP contribution < -0.4 is 4.74 Å². The molecule has 0 radical (unpaired) electrons. The summed E-state index contributed by atoms with van der Waals surface area (Å²) >= 11 is -2.23. The minimum absolute atomic E-state index is 0.223. The molecule has 0 aliphatic heterocycles. The standard InChI is InChI=1S/C17H15NO4S/c1-12-16(18-17(22-12)13-5-3-2-4-6-13)11-21-14-7-9-15(10-8-14)23(19)20/h2-10H,11H2,1H3,(H,19,20)/p-1. The van der Waals surface area contributed by atoms with Gasteiger partial charge in [-0.05, 0) is 54.4 Å². The zero-order chi connectivity index (χ0) is 16.2. The molecule has 118 valence electrons. The lowest BCUT2D eigenvalue weighted by molar-refractivity contribution is 0.299. The van der Waals surface area contributed by atoms with Crippen LogP contribution in [-0.4, -0.2) is 13.7 Å². The van der Waals surface area contributed by atoms with Gasteiger partial charge in [-0.1, -0.05) is 18.2 Å². The molecule has 5 nitrogen and oxygen atoms in total. The number of nitrogens with zero attached hydrogens (tertiary/aromatic N) is 1. The zero-order valence-electron chi connectivity index (χ0n) is 12.4. The minimum atomic E-state index is -2.23. The number of aryl methyl sites for hydroxylation is 1. The average Bonchev–Trinajstić information content (AvgIpc) is 2.95. The van der Waals surface area contributed by atoms with Gasteiger partial charge in [0.2, 0.25) is 5.89 Å². The molecule has 3 aromatic rings. The lowest BCUT2D eigenvalue weighted by Crippen LogP contribution is -1.98. The molecule has 1 heterocycles. The van der Waals surface area contributed by atoms with Gasteiger partial charge in [0.05, 0.1) is 0 Å². The van der Waals surface area contributed by atoms with E-state index in [4.69, 9.17) is 9.15 Å². The van der Waals surface area contributed by atoms with Crippen LogP contribution in [0.5, 0.6) is 5.75 Å². The van der Waals surface area contributed by atoms with E-state index in [0.29, 0.717) is 23.1 Å². The summed E-state index contributed by atoms with van der Waals surface area (Å²) in [7, 11) is 0. The van der Waals surface area contributed by atoms with E-state index < -0.39 is 11.1 Å². The molecule has 0 saturated carbocycles. The van der Waals surface area contributed by atoms with E-state index in [1.165, 1.54) is 12.1 Å².